The molecule has 0 atom stereocenters. The molecular formula is C23H22N4O2. The summed E-state index contributed by atoms with van der Waals surface area (Å²) in [6.07, 6.45) is 3.46. The number of fused-ring (bicyclic) bond motifs is 1. The molecule has 0 unspecified atom stereocenters. The molecule has 1 aromatic heterocycles. The third kappa shape index (κ3) is 4.55. The first-order valence-corrected chi connectivity index (χ1v) is 9.51. The number of amides is 2. The van der Waals surface area contributed by atoms with Crippen LogP contribution in [0.5, 0.6) is 5.75 Å². The second-order valence-electron chi connectivity index (χ2n) is 6.60. The van der Waals surface area contributed by atoms with Crippen LogP contribution in [0.2, 0.25) is 0 Å². The van der Waals surface area contributed by atoms with Crippen LogP contribution >= 0.6 is 0 Å². The Bertz CT molecular complexity index is 1110. The molecular weight excluding hydrogens is 364 g/mol. The average Bonchev–Trinajstić information content (AvgIpc) is 3.16. The Balaban J connectivity index is 1.39. The maximum absolute atomic E-state index is 12.2. The van der Waals surface area contributed by atoms with E-state index in [0.717, 1.165) is 5.75 Å². The Labute approximate surface area is 169 Å². The number of ether oxygens (including phenoxy) is 1. The van der Waals surface area contributed by atoms with Gasteiger partial charge in [0.05, 0.1) is 25.0 Å². The van der Waals surface area contributed by atoms with Crippen molar-refractivity contribution in [3.63, 3.8) is 0 Å². The lowest BCUT2D eigenvalue weighted by Gasteiger charge is -2.08. The van der Waals surface area contributed by atoms with Gasteiger partial charge in [-0.3, -0.25) is 4.68 Å². The van der Waals surface area contributed by atoms with Gasteiger partial charge in [-0.1, -0.05) is 42.5 Å². The van der Waals surface area contributed by atoms with Crippen LogP contribution in [0.1, 0.15) is 12.5 Å². The van der Waals surface area contributed by atoms with Crippen LogP contribution in [0.4, 0.5) is 16.2 Å². The minimum atomic E-state index is -0.320. The van der Waals surface area contributed by atoms with Crippen molar-refractivity contribution < 1.29 is 9.53 Å². The van der Waals surface area contributed by atoms with Crippen LogP contribution < -0.4 is 15.4 Å². The molecule has 0 fully saturated rings. The number of anilines is 2. The molecule has 2 N–H and O–H groups in total. The minimum absolute atomic E-state index is 0.320. The van der Waals surface area contributed by atoms with Crippen molar-refractivity contribution >= 4 is 28.2 Å². The summed E-state index contributed by atoms with van der Waals surface area (Å²) in [5.74, 6) is 0.771. The highest BCUT2D eigenvalue weighted by atomic mass is 16.5. The van der Waals surface area contributed by atoms with E-state index in [1.807, 2.05) is 48.1 Å². The number of benzene rings is 3. The molecule has 4 aromatic rings. The van der Waals surface area contributed by atoms with Crippen molar-refractivity contribution in [2.45, 2.75) is 13.5 Å². The lowest BCUT2D eigenvalue weighted by atomic mass is 10.0. The van der Waals surface area contributed by atoms with Gasteiger partial charge in [-0.05, 0) is 47.5 Å². The maximum atomic E-state index is 12.2. The summed E-state index contributed by atoms with van der Waals surface area (Å²) in [6, 6.07) is 21.4. The highest BCUT2D eigenvalue weighted by molar-refractivity contribution is 5.99. The van der Waals surface area contributed by atoms with E-state index in [0.29, 0.717) is 24.5 Å². The molecule has 6 nitrogen and oxygen atoms in total. The van der Waals surface area contributed by atoms with Crippen LogP contribution in [0.15, 0.2) is 79.1 Å². The summed E-state index contributed by atoms with van der Waals surface area (Å²) in [7, 11) is 0. The quantitative estimate of drug-likeness (QED) is 0.483. The number of carbonyl (C=O) groups is 1. The van der Waals surface area contributed by atoms with Gasteiger partial charge in [0.2, 0.25) is 0 Å². The fourth-order valence-corrected chi connectivity index (χ4v) is 3.21. The van der Waals surface area contributed by atoms with Crippen LogP contribution in [-0.4, -0.2) is 22.4 Å². The molecule has 6 heteroatoms. The van der Waals surface area contributed by atoms with Crippen molar-refractivity contribution in [2.75, 3.05) is 17.2 Å². The standard InChI is InChI=1S/C23H22N4O2/c1-2-29-21-12-10-19(11-13-21)25-23(28)26-20-14-24-27(16-20)15-18-8-5-7-17-6-3-4-9-22(17)18/h3-14,16H,2,15H2,1H3,(H2,25,26,28). The SMILES string of the molecule is CCOc1ccc(NC(=O)Nc2cnn(Cc3cccc4ccccc34)c2)cc1. The number of hydrogen-bond donors (Lipinski definition) is 2. The van der Waals surface area contributed by atoms with Gasteiger partial charge in [0.25, 0.3) is 0 Å². The van der Waals surface area contributed by atoms with Crippen LogP contribution in [0.25, 0.3) is 10.8 Å². The van der Waals surface area contributed by atoms with E-state index < -0.39 is 0 Å². The van der Waals surface area contributed by atoms with Crippen LogP contribution in [0.3, 0.4) is 0 Å². The van der Waals surface area contributed by atoms with Crippen molar-refractivity contribution in [3.8, 4) is 5.75 Å². The van der Waals surface area contributed by atoms with Crippen LogP contribution in [-0.2, 0) is 6.54 Å². The third-order valence-electron chi connectivity index (χ3n) is 4.53. The summed E-state index contributed by atoms with van der Waals surface area (Å²) in [4.78, 5) is 12.2. The van der Waals surface area contributed by atoms with E-state index >= 15 is 0 Å². The van der Waals surface area contributed by atoms with Gasteiger partial charge in [-0.15, -0.1) is 0 Å². The molecule has 3 aromatic carbocycles. The Morgan fingerprint density at radius 3 is 2.55 bits per heavy atom. The summed E-state index contributed by atoms with van der Waals surface area (Å²) in [6.45, 7) is 3.17. The molecule has 4 rings (SSSR count). The van der Waals surface area contributed by atoms with Crippen molar-refractivity contribution in [2.24, 2.45) is 0 Å². The highest BCUT2D eigenvalue weighted by Gasteiger charge is 2.07. The fourth-order valence-electron chi connectivity index (χ4n) is 3.21. The van der Waals surface area contributed by atoms with E-state index in [1.165, 1.54) is 16.3 Å². The first-order chi connectivity index (χ1) is 14.2. The van der Waals surface area contributed by atoms with E-state index in [4.69, 9.17) is 4.74 Å². The molecule has 0 aliphatic heterocycles. The normalized spacial score (nSPS) is 10.7. The largest absolute Gasteiger partial charge is 0.494 e. The predicted molar refractivity (Wildman–Crippen MR) is 116 cm³/mol. The molecule has 0 spiro atoms. The van der Waals surface area contributed by atoms with Gasteiger partial charge < -0.3 is 15.4 Å². The first-order valence-electron chi connectivity index (χ1n) is 9.51. The van der Waals surface area contributed by atoms with Gasteiger partial charge in [-0.2, -0.15) is 5.10 Å². The molecule has 0 aliphatic carbocycles. The minimum Gasteiger partial charge on any atom is -0.494 e. The Morgan fingerprint density at radius 1 is 0.966 bits per heavy atom. The summed E-state index contributed by atoms with van der Waals surface area (Å²) >= 11 is 0. The third-order valence-corrected chi connectivity index (χ3v) is 4.53. The maximum Gasteiger partial charge on any atom is 0.323 e. The zero-order chi connectivity index (χ0) is 20.1. The van der Waals surface area contributed by atoms with Gasteiger partial charge >= 0.3 is 6.03 Å². The second-order valence-corrected chi connectivity index (χ2v) is 6.60. The van der Waals surface area contributed by atoms with Gasteiger partial charge in [0.15, 0.2) is 0 Å². The van der Waals surface area contributed by atoms with Crippen molar-refractivity contribution in [1.29, 1.82) is 0 Å². The van der Waals surface area contributed by atoms with E-state index in [2.05, 4.69) is 40.0 Å². The molecule has 146 valence electrons. The second kappa shape index (κ2) is 8.48. The lowest BCUT2D eigenvalue weighted by Crippen LogP contribution is -2.19. The number of nitrogens with one attached hydrogen (secondary N) is 2. The molecule has 0 aliphatic rings. The van der Waals surface area contributed by atoms with Gasteiger partial charge in [0.1, 0.15) is 5.75 Å². The Hall–Kier alpha value is -3.80. The van der Waals surface area contributed by atoms with Gasteiger partial charge in [0, 0.05) is 11.9 Å². The van der Waals surface area contributed by atoms with Crippen LogP contribution in [0, 0.1) is 0 Å². The zero-order valence-electron chi connectivity index (χ0n) is 16.1. The molecule has 0 bridgehead atoms. The zero-order valence-corrected chi connectivity index (χ0v) is 16.1. The van der Waals surface area contributed by atoms with Gasteiger partial charge in [-0.25, -0.2) is 4.79 Å². The summed E-state index contributed by atoms with van der Waals surface area (Å²) in [5.41, 5.74) is 2.50. The lowest BCUT2D eigenvalue weighted by molar-refractivity contribution is 0.262. The number of nitrogens with zero attached hydrogens (tertiary/aromatic N) is 2. The topological polar surface area (TPSA) is 68.2 Å². The Morgan fingerprint density at radius 2 is 1.72 bits per heavy atom. The molecule has 1 heterocycles. The van der Waals surface area contributed by atoms with Crippen molar-refractivity contribution in [3.05, 3.63) is 84.7 Å². The number of rotatable bonds is 6. The molecule has 29 heavy (non-hydrogen) atoms. The Kier molecular flexibility index (Phi) is 5.42. The molecule has 0 radical (unpaired) electrons. The fraction of sp³-hybridized carbons (Fsp3) is 0.130. The molecule has 0 saturated heterocycles. The molecule has 2 amide bonds. The van der Waals surface area contributed by atoms with E-state index in [9.17, 15) is 4.79 Å². The average molecular weight is 386 g/mol. The number of aromatic nitrogens is 2. The monoisotopic (exact) mass is 386 g/mol. The highest BCUT2D eigenvalue weighted by Crippen LogP contribution is 2.20. The molecule has 0 saturated carbocycles. The number of urea groups is 1. The number of carbonyl (C=O) groups excluding carboxylic acids is 1. The van der Waals surface area contributed by atoms with E-state index in [-0.39, 0.29) is 6.03 Å². The summed E-state index contributed by atoms with van der Waals surface area (Å²) < 4.78 is 7.21. The summed E-state index contributed by atoms with van der Waals surface area (Å²) in [5, 5.41) is 12.4. The van der Waals surface area contributed by atoms with E-state index in [1.54, 1.807) is 18.3 Å². The predicted octanol–water partition coefficient (Wildman–Crippen LogP) is 5.13. The first kappa shape index (κ1) is 18.6. The van der Waals surface area contributed by atoms with Crippen molar-refractivity contribution in [1.82, 2.24) is 9.78 Å². The smallest absolute Gasteiger partial charge is 0.323 e. The number of hydrogen-bond acceptors (Lipinski definition) is 3.